The van der Waals surface area contributed by atoms with Gasteiger partial charge >= 0.3 is 0 Å². The molecule has 0 N–H and O–H groups in total. The van der Waals surface area contributed by atoms with Crippen molar-refractivity contribution < 1.29 is 14.3 Å². The van der Waals surface area contributed by atoms with Gasteiger partial charge in [-0.05, 0) is 31.0 Å². The van der Waals surface area contributed by atoms with Crippen molar-refractivity contribution in [3.8, 4) is 5.69 Å². The maximum Gasteiger partial charge on any atom is 0.256 e. The molecule has 2 fully saturated rings. The van der Waals surface area contributed by atoms with Crippen LogP contribution in [0.15, 0.2) is 48.9 Å². The Morgan fingerprint density at radius 3 is 2.63 bits per heavy atom. The topological polar surface area (TPSA) is 80.6 Å². The average molecular weight is 405 g/mol. The summed E-state index contributed by atoms with van der Waals surface area (Å²) in [5.74, 6) is -0.144. The maximum absolute atomic E-state index is 13.2. The first-order valence-corrected chi connectivity index (χ1v) is 10.3. The predicted molar refractivity (Wildman–Crippen MR) is 110 cm³/mol. The van der Waals surface area contributed by atoms with Crippen molar-refractivity contribution in [2.24, 2.45) is 0 Å². The monoisotopic (exact) mass is 405 g/mol. The molecule has 0 saturated carbocycles. The van der Waals surface area contributed by atoms with Crippen molar-refractivity contribution in [3.05, 3.63) is 54.5 Å². The van der Waals surface area contributed by atoms with E-state index >= 15 is 0 Å². The Hall–Kier alpha value is -3.26. The second kappa shape index (κ2) is 7.87. The Kier molecular flexibility index (Phi) is 4.92. The van der Waals surface area contributed by atoms with Gasteiger partial charge in [0.2, 0.25) is 5.91 Å². The van der Waals surface area contributed by atoms with Gasteiger partial charge in [0, 0.05) is 31.5 Å². The van der Waals surface area contributed by atoms with Gasteiger partial charge in [0.15, 0.2) is 5.65 Å². The molecule has 2 amide bonds. The van der Waals surface area contributed by atoms with Gasteiger partial charge in [0.25, 0.3) is 5.91 Å². The normalized spacial score (nSPS) is 19.4. The van der Waals surface area contributed by atoms with E-state index in [1.807, 2.05) is 39.8 Å². The van der Waals surface area contributed by atoms with Crippen molar-refractivity contribution >= 4 is 23.0 Å². The molecule has 2 aliphatic rings. The summed E-state index contributed by atoms with van der Waals surface area (Å²) in [7, 11) is 0. The van der Waals surface area contributed by atoms with Crippen molar-refractivity contribution in [1.29, 1.82) is 0 Å². The molecule has 5 rings (SSSR count). The molecule has 4 heterocycles. The number of pyridine rings is 1. The van der Waals surface area contributed by atoms with Crippen molar-refractivity contribution in [1.82, 2.24) is 24.3 Å². The van der Waals surface area contributed by atoms with Crippen LogP contribution in [0.3, 0.4) is 0 Å². The third kappa shape index (κ3) is 3.33. The van der Waals surface area contributed by atoms with E-state index in [1.54, 1.807) is 23.5 Å². The predicted octanol–water partition coefficient (Wildman–Crippen LogP) is 1.88. The number of ether oxygens (including phenoxy) is 1. The Morgan fingerprint density at radius 1 is 1.03 bits per heavy atom. The average Bonchev–Trinajstić information content (AvgIpc) is 3.46. The van der Waals surface area contributed by atoms with Gasteiger partial charge in [0.05, 0.1) is 18.8 Å². The Morgan fingerprint density at radius 2 is 1.83 bits per heavy atom. The number of hydrogen-bond acceptors (Lipinski definition) is 5. The zero-order valence-electron chi connectivity index (χ0n) is 16.6. The lowest BCUT2D eigenvalue weighted by molar-refractivity contribution is -0.139. The number of rotatable bonds is 3. The van der Waals surface area contributed by atoms with Gasteiger partial charge < -0.3 is 14.5 Å². The molecule has 2 aliphatic heterocycles. The second-order valence-corrected chi connectivity index (χ2v) is 7.61. The zero-order valence-corrected chi connectivity index (χ0v) is 16.6. The van der Waals surface area contributed by atoms with E-state index in [9.17, 15) is 9.59 Å². The van der Waals surface area contributed by atoms with Crippen LogP contribution in [0, 0.1) is 0 Å². The Bertz CT molecular complexity index is 1070. The molecule has 0 aliphatic carbocycles. The number of aromatic nitrogens is 3. The van der Waals surface area contributed by atoms with Crippen LogP contribution in [0.5, 0.6) is 0 Å². The number of morpholine rings is 1. The van der Waals surface area contributed by atoms with Crippen LogP contribution in [0.4, 0.5) is 0 Å². The van der Waals surface area contributed by atoms with Gasteiger partial charge in [-0.3, -0.25) is 14.2 Å². The summed E-state index contributed by atoms with van der Waals surface area (Å²) in [5.41, 5.74) is 2.77. The van der Waals surface area contributed by atoms with E-state index < -0.39 is 6.04 Å². The van der Waals surface area contributed by atoms with Crippen molar-refractivity contribution in [2.75, 3.05) is 32.8 Å². The molecule has 154 valence electrons. The van der Waals surface area contributed by atoms with E-state index in [2.05, 4.69) is 9.97 Å². The first-order chi connectivity index (χ1) is 14.7. The zero-order chi connectivity index (χ0) is 20.5. The van der Waals surface area contributed by atoms with E-state index in [0.717, 1.165) is 12.1 Å². The van der Waals surface area contributed by atoms with Crippen LogP contribution < -0.4 is 0 Å². The van der Waals surface area contributed by atoms with E-state index in [0.29, 0.717) is 56.0 Å². The third-order valence-corrected chi connectivity index (χ3v) is 5.79. The maximum atomic E-state index is 13.2. The van der Waals surface area contributed by atoms with Crippen LogP contribution in [-0.4, -0.2) is 75.0 Å². The Labute approximate surface area is 174 Å². The van der Waals surface area contributed by atoms with Gasteiger partial charge in [-0.2, -0.15) is 0 Å². The summed E-state index contributed by atoms with van der Waals surface area (Å²) in [5, 5.41) is 0. The van der Waals surface area contributed by atoms with Gasteiger partial charge in [-0.15, -0.1) is 0 Å². The first-order valence-electron chi connectivity index (χ1n) is 10.3. The van der Waals surface area contributed by atoms with E-state index in [4.69, 9.17) is 4.74 Å². The summed E-state index contributed by atoms with van der Waals surface area (Å²) >= 11 is 0. The number of likely N-dealkylation sites (tertiary alicyclic amines) is 1. The van der Waals surface area contributed by atoms with Crippen LogP contribution in [-0.2, 0) is 9.53 Å². The summed E-state index contributed by atoms with van der Waals surface area (Å²) in [4.78, 5) is 38.6. The molecule has 0 radical (unpaired) electrons. The van der Waals surface area contributed by atoms with Crippen LogP contribution in [0.1, 0.15) is 23.2 Å². The van der Waals surface area contributed by atoms with Crippen LogP contribution in [0.2, 0.25) is 0 Å². The fourth-order valence-electron chi connectivity index (χ4n) is 4.22. The SMILES string of the molecule is O=C([C@@H]1CCCN1C(=O)c1cnc2c(c1)ncn2-c1ccccc1)N1CCOCC1. The quantitative estimate of drug-likeness (QED) is 0.665. The number of hydrogen-bond donors (Lipinski definition) is 0. The van der Waals surface area contributed by atoms with Gasteiger partial charge in [-0.1, -0.05) is 18.2 Å². The minimum atomic E-state index is -0.409. The molecule has 30 heavy (non-hydrogen) atoms. The summed E-state index contributed by atoms with van der Waals surface area (Å²) in [6.45, 7) is 2.85. The summed E-state index contributed by atoms with van der Waals surface area (Å²) < 4.78 is 7.23. The number of amides is 2. The highest BCUT2D eigenvalue weighted by Gasteiger charge is 2.37. The number of carbonyl (C=O) groups excluding carboxylic acids is 2. The molecular formula is C22H23N5O3. The Balaban J connectivity index is 1.39. The lowest BCUT2D eigenvalue weighted by atomic mass is 10.1. The highest BCUT2D eigenvalue weighted by molar-refractivity contribution is 5.99. The molecule has 1 aromatic carbocycles. The van der Waals surface area contributed by atoms with Crippen molar-refractivity contribution in [2.45, 2.75) is 18.9 Å². The minimum absolute atomic E-state index is 0.0199. The molecule has 0 bridgehead atoms. The van der Waals surface area contributed by atoms with E-state index in [-0.39, 0.29) is 11.8 Å². The van der Waals surface area contributed by atoms with Crippen LogP contribution in [0.25, 0.3) is 16.9 Å². The fourth-order valence-corrected chi connectivity index (χ4v) is 4.22. The molecule has 2 saturated heterocycles. The van der Waals surface area contributed by atoms with Gasteiger partial charge in [0.1, 0.15) is 17.9 Å². The molecule has 8 heteroatoms. The standard InChI is InChI=1S/C22H23N5O3/c28-21(26-8-4-7-19(26)22(29)25-9-11-30-12-10-25)16-13-18-20(23-14-16)27(15-24-18)17-5-2-1-3-6-17/h1-3,5-6,13-15,19H,4,7-12H2/t19-/m0/s1. The smallest absolute Gasteiger partial charge is 0.256 e. The summed E-state index contributed by atoms with van der Waals surface area (Å²) in [6.07, 6.45) is 4.81. The van der Waals surface area contributed by atoms with Gasteiger partial charge in [-0.25, -0.2) is 9.97 Å². The summed E-state index contributed by atoms with van der Waals surface area (Å²) in [6, 6.07) is 11.2. The molecule has 2 aromatic heterocycles. The fraction of sp³-hybridized carbons (Fsp3) is 0.364. The molecule has 1 atom stereocenters. The highest BCUT2D eigenvalue weighted by Crippen LogP contribution is 2.24. The number of fused-ring (bicyclic) bond motifs is 1. The molecular weight excluding hydrogens is 382 g/mol. The molecule has 3 aromatic rings. The molecule has 0 unspecified atom stereocenters. The van der Waals surface area contributed by atoms with Crippen LogP contribution >= 0.6 is 0 Å². The molecule has 0 spiro atoms. The lowest BCUT2D eigenvalue weighted by Crippen LogP contribution is -2.51. The number of imidazole rings is 1. The van der Waals surface area contributed by atoms with E-state index in [1.165, 1.54) is 0 Å². The number of nitrogens with zero attached hydrogens (tertiary/aromatic N) is 5. The minimum Gasteiger partial charge on any atom is -0.378 e. The largest absolute Gasteiger partial charge is 0.378 e. The first kappa shape index (κ1) is 18.7. The highest BCUT2D eigenvalue weighted by atomic mass is 16.5. The third-order valence-electron chi connectivity index (χ3n) is 5.79. The number of benzene rings is 1. The lowest BCUT2D eigenvalue weighted by Gasteiger charge is -2.32. The second-order valence-electron chi connectivity index (χ2n) is 7.61. The molecule has 8 nitrogen and oxygen atoms in total. The van der Waals surface area contributed by atoms with Crippen molar-refractivity contribution in [3.63, 3.8) is 0 Å². The number of para-hydroxylation sites is 1. The number of carbonyl (C=O) groups is 2.